The van der Waals surface area contributed by atoms with E-state index in [1.165, 1.54) is 0 Å². The fraction of sp³-hybridized carbons (Fsp3) is 0.231. The molecule has 3 N–H and O–H groups in total. The Balaban J connectivity index is 1.68. The van der Waals surface area contributed by atoms with E-state index in [0.29, 0.717) is 16.9 Å². The number of hydrogen-bond donors (Lipinski definition) is 3. The van der Waals surface area contributed by atoms with Crippen LogP contribution in [-0.2, 0) is 22.6 Å². The van der Waals surface area contributed by atoms with Gasteiger partial charge in [-0.2, -0.15) is 0 Å². The first kappa shape index (κ1) is 25.4. The van der Waals surface area contributed by atoms with Crippen molar-refractivity contribution >= 4 is 40.8 Å². The zero-order valence-electron chi connectivity index (χ0n) is 18.9. The molecule has 0 heterocycles. The smallest absolute Gasteiger partial charge is 0.330 e. The Labute approximate surface area is 208 Å². The first-order valence-electron chi connectivity index (χ1n) is 10.8. The van der Waals surface area contributed by atoms with Gasteiger partial charge in [0.1, 0.15) is 6.61 Å². The highest BCUT2D eigenvalue weighted by Gasteiger charge is 2.22. The molecule has 0 spiro atoms. The molecule has 3 aromatic carbocycles. The van der Waals surface area contributed by atoms with Crippen LogP contribution in [0.3, 0.4) is 0 Å². The van der Waals surface area contributed by atoms with Crippen molar-refractivity contribution in [2.24, 2.45) is 0 Å². The van der Waals surface area contributed by atoms with Crippen LogP contribution in [0.1, 0.15) is 35.2 Å². The van der Waals surface area contributed by atoms with Gasteiger partial charge in [-0.25, -0.2) is 4.79 Å². The second-order valence-corrected chi connectivity index (χ2v) is 8.66. The number of hydrogen-bond acceptors (Lipinski definition) is 4. The first-order chi connectivity index (χ1) is 16.3. The number of halogens is 2. The van der Waals surface area contributed by atoms with Crippen molar-refractivity contribution in [3.05, 3.63) is 93.0 Å². The molecule has 0 aliphatic rings. The number of carboxylic acids is 1. The Hall–Kier alpha value is -3.22. The van der Waals surface area contributed by atoms with Gasteiger partial charge in [-0.15, -0.1) is 0 Å². The van der Waals surface area contributed by atoms with Crippen LogP contribution in [-0.4, -0.2) is 23.5 Å². The third-order valence-electron chi connectivity index (χ3n) is 5.01. The second kappa shape index (κ2) is 11.8. The molecule has 0 aliphatic heterocycles. The monoisotopic (exact) mass is 500 g/mol. The van der Waals surface area contributed by atoms with Crippen LogP contribution in [0, 0.1) is 6.92 Å². The summed E-state index contributed by atoms with van der Waals surface area (Å²) >= 11 is 12.8. The zero-order chi connectivity index (χ0) is 24.7. The SMILES string of the molecule is CCNc1cc(C)cc(COc2c(Cl)cc(CC(=O)N[C@H](C(=O)O)c3ccccc3)cc2Cl)c1. The minimum atomic E-state index is -1.15. The number of benzene rings is 3. The lowest BCUT2D eigenvalue weighted by atomic mass is 10.1. The lowest BCUT2D eigenvalue weighted by Crippen LogP contribution is -2.34. The van der Waals surface area contributed by atoms with Gasteiger partial charge in [0.2, 0.25) is 5.91 Å². The van der Waals surface area contributed by atoms with Crippen molar-refractivity contribution in [3.8, 4) is 5.75 Å². The summed E-state index contributed by atoms with van der Waals surface area (Å²) in [5.74, 6) is -1.28. The number of nitrogens with one attached hydrogen (secondary N) is 2. The highest BCUT2D eigenvalue weighted by Crippen LogP contribution is 2.35. The second-order valence-electron chi connectivity index (χ2n) is 7.84. The van der Waals surface area contributed by atoms with Gasteiger partial charge < -0.3 is 20.5 Å². The molecule has 0 saturated carbocycles. The number of rotatable bonds is 10. The lowest BCUT2D eigenvalue weighted by molar-refractivity contribution is -0.141. The number of anilines is 1. The molecule has 0 saturated heterocycles. The summed E-state index contributed by atoms with van der Waals surface area (Å²) in [5, 5.41) is 15.9. The molecule has 1 amide bonds. The van der Waals surface area contributed by atoms with Gasteiger partial charge in [0.25, 0.3) is 0 Å². The summed E-state index contributed by atoms with van der Waals surface area (Å²) in [6.45, 7) is 5.13. The fourth-order valence-electron chi connectivity index (χ4n) is 3.59. The quantitative estimate of drug-likeness (QED) is 0.327. The average Bonchev–Trinajstić information content (AvgIpc) is 2.77. The average molecular weight is 501 g/mol. The van der Waals surface area contributed by atoms with Crippen LogP contribution >= 0.6 is 23.2 Å². The molecule has 34 heavy (non-hydrogen) atoms. The van der Waals surface area contributed by atoms with Crippen LogP contribution in [0.4, 0.5) is 5.69 Å². The summed E-state index contributed by atoms with van der Waals surface area (Å²) in [6, 6.07) is 16.6. The number of ether oxygens (including phenoxy) is 1. The summed E-state index contributed by atoms with van der Waals surface area (Å²) in [7, 11) is 0. The number of aryl methyl sites for hydroxylation is 1. The van der Waals surface area contributed by atoms with Gasteiger partial charge in [0.05, 0.1) is 16.5 Å². The van der Waals surface area contributed by atoms with E-state index in [0.717, 1.165) is 23.4 Å². The van der Waals surface area contributed by atoms with E-state index in [2.05, 4.69) is 16.7 Å². The molecule has 0 fully saturated rings. The number of carbonyl (C=O) groups excluding carboxylic acids is 1. The Morgan fingerprint density at radius 1 is 1.00 bits per heavy atom. The van der Waals surface area contributed by atoms with E-state index in [4.69, 9.17) is 27.9 Å². The molecular weight excluding hydrogens is 475 g/mol. The van der Waals surface area contributed by atoms with Crippen molar-refractivity contribution < 1.29 is 19.4 Å². The summed E-state index contributed by atoms with van der Waals surface area (Å²) in [4.78, 5) is 24.2. The summed E-state index contributed by atoms with van der Waals surface area (Å²) < 4.78 is 5.89. The standard InChI is InChI=1S/C26H26Cl2N2O4/c1-3-29-20-10-16(2)9-18(11-20)15-34-25-21(27)12-17(13-22(25)28)14-23(31)30-24(26(32)33)19-7-5-4-6-8-19/h4-13,24,29H,3,14-15H2,1-2H3,(H,30,31)(H,32,33)/t24-/m0/s1. The molecular formula is C26H26Cl2N2O4. The van der Waals surface area contributed by atoms with Gasteiger partial charge >= 0.3 is 5.97 Å². The number of carbonyl (C=O) groups is 2. The maximum absolute atomic E-state index is 12.5. The Morgan fingerprint density at radius 3 is 2.29 bits per heavy atom. The van der Waals surface area contributed by atoms with Gasteiger partial charge in [-0.1, -0.05) is 59.6 Å². The normalized spacial score (nSPS) is 11.5. The van der Waals surface area contributed by atoms with Crippen molar-refractivity contribution in [1.29, 1.82) is 0 Å². The molecule has 0 aromatic heterocycles. The van der Waals surface area contributed by atoms with Crippen LogP contribution in [0.15, 0.2) is 60.7 Å². The van der Waals surface area contributed by atoms with Crippen LogP contribution < -0.4 is 15.4 Å². The Kier molecular flexibility index (Phi) is 8.79. The summed E-state index contributed by atoms with van der Waals surface area (Å²) in [5.41, 5.74) is 4.10. The number of aliphatic carboxylic acids is 1. The van der Waals surface area contributed by atoms with Crippen molar-refractivity contribution in [2.75, 3.05) is 11.9 Å². The Bertz CT molecular complexity index is 1150. The predicted molar refractivity (Wildman–Crippen MR) is 135 cm³/mol. The molecule has 178 valence electrons. The Morgan fingerprint density at radius 2 is 1.68 bits per heavy atom. The van der Waals surface area contributed by atoms with Gasteiger partial charge in [-0.05, 0) is 60.4 Å². The lowest BCUT2D eigenvalue weighted by Gasteiger charge is -2.16. The molecule has 6 nitrogen and oxygen atoms in total. The molecule has 0 aliphatic carbocycles. The van der Waals surface area contributed by atoms with Gasteiger partial charge in [0, 0.05) is 12.2 Å². The minimum Gasteiger partial charge on any atom is -0.486 e. The summed E-state index contributed by atoms with van der Waals surface area (Å²) in [6.07, 6.45) is -0.0831. The van der Waals surface area contributed by atoms with Crippen molar-refractivity contribution in [3.63, 3.8) is 0 Å². The van der Waals surface area contributed by atoms with E-state index in [1.807, 2.05) is 26.0 Å². The van der Waals surface area contributed by atoms with Gasteiger partial charge in [0.15, 0.2) is 11.8 Å². The molecule has 3 rings (SSSR count). The third kappa shape index (κ3) is 6.89. The van der Waals surface area contributed by atoms with E-state index >= 15 is 0 Å². The van der Waals surface area contributed by atoms with Crippen LogP contribution in [0.2, 0.25) is 10.0 Å². The first-order valence-corrected chi connectivity index (χ1v) is 11.5. The topological polar surface area (TPSA) is 87.7 Å². The van der Waals surface area contributed by atoms with Gasteiger partial charge in [-0.3, -0.25) is 4.79 Å². The largest absolute Gasteiger partial charge is 0.486 e. The number of carboxylic acid groups (broad SMARTS) is 1. The van der Waals surface area contributed by atoms with Crippen LogP contribution in [0.25, 0.3) is 0 Å². The highest BCUT2D eigenvalue weighted by molar-refractivity contribution is 6.37. The molecule has 3 aromatic rings. The predicted octanol–water partition coefficient (Wildman–Crippen LogP) is 5.80. The molecule has 8 heteroatoms. The number of amides is 1. The van der Waals surface area contributed by atoms with Crippen molar-refractivity contribution in [2.45, 2.75) is 32.9 Å². The minimum absolute atomic E-state index is 0.0831. The molecule has 1 atom stereocenters. The molecule has 0 unspecified atom stereocenters. The third-order valence-corrected chi connectivity index (χ3v) is 5.57. The van der Waals surface area contributed by atoms with E-state index in [1.54, 1.807) is 42.5 Å². The molecule has 0 radical (unpaired) electrons. The van der Waals surface area contributed by atoms with Crippen LogP contribution in [0.5, 0.6) is 5.75 Å². The van der Waals surface area contributed by atoms with E-state index in [-0.39, 0.29) is 23.1 Å². The maximum Gasteiger partial charge on any atom is 0.330 e. The highest BCUT2D eigenvalue weighted by atomic mass is 35.5. The van der Waals surface area contributed by atoms with E-state index < -0.39 is 17.9 Å². The molecule has 0 bridgehead atoms. The van der Waals surface area contributed by atoms with E-state index in [9.17, 15) is 14.7 Å². The zero-order valence-corrected chi connectivity index (χ0v) is 20.4. The van der Waals surface area contributed by atoms with Crippen molar-refractivity contribution in [1.82, 2.24) is 5.32 Å². The maximum atomic E-state index is 12.5. The fourth-order valence-corrected chi connectivity index (χ4v) is 4.23.